The molecule has 7 nitrogen and oxygen atoms in total. The Hall–Kier alpha value is -2.45. The average Bonchev–Trinajstić information content (AvgIpc) is 3.12. The molecular formula is C14H13ClN5O2S+. The van der Waals surface area contributed by atoms with Crippen LogP contribution < -0.4 is 15.7 Å². The summed E-state index contributed by atoms with van der Waals surface area (Å²) in [5.41, 5.74) is 4.71. The summed E-state index contributed by atoms with van der Waals surface area (Å²) in [4.78, 5) is 16.4. The molecule has 118 valence electrons. The maximum atomic E-state index is 12.0. The van der Waals surface area contributed by atoms with Crippen molar-refractivity contribution in [2.75, 3.05) is 5.43 Å². The SMILES string of the molecule is CC(C)=NNc1nc(-c2c(=O)o[nH][n+]2-c2ccc(Cl)cc2)cs1. The van der Waals surface area contributed by atoms with Crippen molar-refractivity contribution in [1.82, 2.24) is 10.3 Å². The first kappa shape index (κ1) is 15.4. The van der Waals surface area contributed by atoms with E-state index in [0.717, 1.165) is 5.71 Å². The van der Waals surface area contributed by atoms with E-state index in [1.165, 1.54) is 16.0 Å². The van der Waals surface area contributed by atoms with Gasteiger partial charge in [-0.3, -0.25) is 9.95 Å². The van der Waals surface area contributed by atoms with Crippen LogP contribution in [-0.2, 0) is 0 Å². The van der Waals surface area contributed by atoms with Crippen LogP contribution in [0.25, 0.3) is 17.1 Å². The summed E-state index contributed by atoms with van der Waals surface area (Å²) >= 11 is 7.24. The molecule has 0 unspecified atom stereocenters. The average molecular weight is 351 g/mol. The zero-order chi connectivity index (χ0) is 16.4. The highest BCUT2D eigenvalue weighted by atomic mass is 35.5. The topological polar surface area (TPSA) is 87.2 Å². The Morgan fingerprint density at radius 2 is 2.13 bits per heavy atom. The van der Waals surface area contributed by atoms with Gasteiger partial charge in [-0.1, -0.05) is 11.6 Å². The molecule has 0 radical (unpaired) electrons. The predicted molar refractivity (Wildman–Crippen MR) is 89.4 cm³/mol. The third-order valence-electron chi connectivity index (χ3n) is 2.85. The molecule has 0 saturated carbocycles. The highest BCUT2D eigenvalue weighted by molar-refractivity contribution is 7.14. The number of hydrazone groups is 1. The minimum absolute atomic E-state index is 0.300. The number of aromatic nitrogens is 3. The van der Waals surface area contributed by atoms with Gasteiger partial charge in [-0.25, -0.2) is 9.78 Å². The van der Waals surface area contributed by atoms with Crippen molar-refractivity contribution in [2.24, 2.45) is 5.10 Å². The van der Waals surface area contributed by atoms with Crippen molar-refractivity contribution < 1.29 is 9.20 Å². The first-order chi connectivity index (χ1) is 11.0. The summed E-state index contributed by atoms with van der Waals surface area (Å²) in [6.45, 7) is 3.74. The van der Waals surface area contributed by atoms with Crippen LogP contribution in [0.1, 0.15) is 13.8 Å². The van der Waals surface area contributed by atoms with Gasteiger partial charge in [0.15, 0.2) is 5.69 Å². The molecular weight excluding hydrogens is 338 g/mol. The summed E-state index contributed by atoms with van der Waals surface area (Å²) in [7, 11) is 0. The highest BCUT2D eigenvalue weighted by Gasteiger charge is 2.27. The van der Waals surface area contributed by atoms with Crippen LogP contribution in [0.2, 0.25) is 5.02 Å². The van der Waals surface area contributed by atoms with E-state index in [4.69, 9.17) is 16.1 Å². The van der Waals surface area contributed by atoms with Crippen molar-refractivity contribution in [2.45, 2.75) is 13.8 Å². The number of H-pyrrole nitrogens is 1. The van der Waals surface area contributed by atoms with Crippen LogP contribution >= 0.6 is 22.9 Å². The van der Waals surface area contributed by atoms with Crippen LogP contribution in [0.4, 0.5) is 5.13 Å². The molecule has 3 rings (SSSR count). The molecule has 0 saturated heterocycles. The number of nitrogens with zero attached hydrogens (tertiary/aromatic N) is 3. The third-order valence-corrected chi connectivity index (χ3v) is 3.85. The van der Waals surface area contributed by atoms with Crippen molar-refractivity contribution in [3.8, 4) is 17.1 Å². The number of thiazole rings is 1. The minimum Gasteiger partial charge on any atom is -0.282 e. The number of rotatable bonds is 4. The molecule has 2 N–H and O–H groups in total. The molecule has 0 bridgehead atoms. The zero-order valence-corrected chi connectivity index (χ0v) is 13.9. The molecule has 0 aliphatic carbocycles. The van der Waals surface area contributed by atoms with Gasteiger partial charge in [0, 0.05) is 28.2 Å². The lowest BCUT2D eigenvalue weighted by Crippen LogP contribution is -2.36. The zero-order valence-electron chi connectivity index (χ0n) is 12.3. The Bertz CT molecular complexity index is 906. The first-order valence-electron chi connectivity index (χ1n) is 6.67. The number of hydrogen-bond acceptors (Lipinski definition) is 6. The van der Waals surface area contributed by atoms with Gasteiger partial charge in [-0.15, -0.1) is 11.3 Å². The fourth-order valence-electron chi connectivity index (χ4n) is 1.86. The molecule has 1 aromatic carbocycles. The second kappa shape index (κ2) is 6.35. The number of hydrogen-bond donors (Lipinski definition) is 2. The Balaban J connectivity index is 2.00. The quantitative estimate of drug-likeness (QED) is 0.430. The van der Waals surface area contributed by atoms with Crippen LogP contribution in [0.15, 0.2) is 44.1 Å². The van der Waals surface area contributed by atoms with Gasteiger partial charge in [-0.05, 0) is 35.9 Å². The predicted octanol–water partition coefficient (Wildman–Crippen LogP) is 2.83. The van der Waals surface area contributed by atoms with Gasteiger partial charge in [0.1, 0.15) is 0 Å². The molecule has 0 amide bonds. The fourth-order valence-corrected chi connectivity index (χ4v) is 2.62. The smallest absolute Gasteiger partial charge is 0.282 e. The Morgan fingerprint density at radius 1 is 1.39 bits per heavy atom. The molecule has 0 atom stereocenters. The van der Waals surface area contributed by atoms with E-state index in [2.05, 4.69) is 20.8 Å². The van der Waals surface area contributed by atoms with Gasteiger partial charge in [0.2, 0.25) is 10.8 Å². The third kappa shape index (κ3) is 3.33. The number of halogens is 1. The molecule has 2 heterocycles. The molecule has 9 heteroatoms. The standard InChI is InChI=1S/C14H12ClN5O2S/c1-8(2)17-18-14-16-11(7-23-14)12-13(21)22-19-20(12)10-5-3-9(15)4-6-10/h3-7H,1-2H3,(H-,16,18,19,21)/p+1. The van der Waals surface area contributed by atoms with Crippen molar-refractivity contribution in [1.29, 1.82) is 0 Å². The molecule has 3 aromatic rings. The van der Waals surface area contributed by atoms with E-state index < -0.39 is 5.63 Å². The van der Waals surface area contributed by atoms with Crippen LogP contribution in [-0.4, -0.2) is 16.0 Å². The largest absolute Gasteiger partial charge is 0.437 e. The van der Waals surface area contributed by atoms with E-state index in [9.17, 15) is 4.79 Å². The van der Waals surface area contributed by atoms with E-state index >= 15 is 0 Å². The molecule has 0 aliphatic heterocycles. The summed E-state index contributed by atoms with van der Waals surface area (Å²) in [5.74, 6) is 0. The molecule has 2 aromatic heterocycles. The summed E-state index contributed by atoms with van der Waals surface area (Å²) in [6.07, 6.45) is 0. The lowest BCUT2D eigenvalue weighted by Gasteiger charge is -1.94. The number of aromatic amines is 1. The van der Waals surface area contributed by atoms with Gasteiger partial charge in [-0.2, -0.15) is 5.10 Å². The van der Waals surface area contributed by atoms with Crippen molar-refractivity contribution in [3.05, 3.63) is 45.1 Å². The van der Waals surface area contributed by atoms with Gasteiger partial charge < -0.3 is 0 Å². The van der Waals surface area contributed by atoms with E-state index in [-0.39, 0.29) is 0 Å². The van der Waals surface area contributed by atoms with Crippen molar-refractivity contribution >= 4 is 33.8 Å². The van der Waals surface area contributed by atoms with Crippen LogP contribution in [0.5, 0.6) is 0 Å². The summed E-state index contributed by atoms with van der Waals surface area (Å²) in [5, 5.41) is 9.61. The van der Waals surface area contributed by atoms with Crippen LogP contribution in [0.3, 0.4) is 0 Å². The van der Waals surface area contributed by atoms with Gasteiger partial charge >= 0.3 is 11.3 Å². The molecule has 23 heavy (non-hydrogen) atoms. The maximum Gasteiger partial charge on any atom is 0.437 e. The normalized spacial score (nSPS) is 10.6. The van der Waals surface area contributed by atoms with Gasteiger partial charge in [0.25, 0.3) is 0 Å². The highest BCUT2D eigenvalue weighted by Crippen LogP contribution is 2.21. The molecule has 0 fully saturated rings. The second-order valence-corrected chi connectivity index (χ2v) is 6.14. The van der Waals surface area contributed by atoms with Crippen molar-refractivity contribution in [3.63, 3.8) is 0 Å². The van der Waals surface area contributed by atoms with Crippen LogP contribution in [0, 0.1) is 0 Å². The lowest BCUT2D eigenvalue weighted by molar-refractivity contribution is -0.660. The Kier molecular flexibility index (Phi) is 4.26. The van der Waals surface area contributed by atoms with E-state index in [0.29, 0.717) is 27.2 Å². The number of benzene rings is 1. The minimum atomic E-state index is -0.507. The Labute approximate surface area is 140 Å². The number of anilines is 1. The van der Waals surface area contributed by atoms with Gasteiger partial charge in [0.05, 0.1) is 0 Å². The first-order valence-corrected chi connectivity index (χ1v) is 7.92. The Morgan fingerprint density at radius 3 is 2.83 bits per heavy atom. The second-order valence-electron chi connectivity index (χ2n) is 4.85. The molecule has 0 aliphatic rings. The van der Waals surface area contributed by atoms with E-state index in [1.54, 1.807) is 29.6 Å². The number of nitrogens with one attached hydrogen (secondary N) is 2. The summed E-state index contributed by atoms with van der Waals surface area (Å²) < 4.78 is 6.43. The summed E-state index contributed by atoms with van der Waals surface area (Å²) in [6, 6.07) is 7.00. The fraction of sp³-hybridized carbons (Fsp3) is 0.143. The monoisotopic (exact) mass is 350 g/mol. The lowest BCUT2D eigenvalue weighted by atomic mass is 10.3. The molecule has 0 spiro atoms. The van der Waals surface area contributed by atoms with E-state index in [1.807, 2.05) is 13.8 Å². The maximum absolute atomic E-state index is 12.0.